The fourth-order valence-corrected chi connectivity index (χ4v) is 6.68. The van der Waals surface area contributed by atoms with Gasteiger partial charge in [-0.05, 0) is 71.8 Å². The Kier molecular flexibility index (Phi) is 16.2. The van der Waals surface area contributed by atoms with Gasteiger partial charge in [0.15, 0.2) is 11.6 Å². The number of ketones is 1. The second-order valence-corrected chi connectivity index (χ2v) is 16.3. The largest absolute Gasteiger partial charge is 0.512 e. The fourth-order valence-electron chi connectivity index (χ4n) is 6.68. The van der Waals surface area contributed by atoms with Crippen LogP contribution >= 0.6 is 0 Å². The van der Waals surface area contributed by atoms with Gasteiger partial charge in [0.25, 0.3) is 0 Å². The Morgan fingerprint density at radius 1 is 0.782 bits per heavy atom. The summed E-state index contributed by atoms with van der Waals surface area (Å²) in [5.41, 5.74) is 3.89. The van der Waals surface area contributed by atoms with Gasteiger partial charge in [-0.3, -0.25) is 9.78 Å². The Bertz CT molecular complexity index is 2050. The molecule has 5 rings (SSSR count). The van der Waals surface area contributed by atoms with E-state index in [1.54, 1.807) is 0 Å². The van der Waals surface area contributed by atoms with Crippen LogP contribution in [0.4, 0.5) is 8.78 Å². The van der Waals surface area contributed by atoms with Crippen molar-refractivity contribution in [3.63, 3.8) is 0 Å². The van der Waals surface area contributed by atoms with E-state index >= 15 is 8.78 Å². The van der Waals surface area contributed by atoms with E-state index in [0.717, 1.165) is 54.0 Å². The van der Waals surface area contributed by atoms with Crippen LogP contribution in [-0.4, -0.2) is 25.8 Å². The first kappa shape index (κ1) is 45.3. The zero-order valence-electron chi connectivity index (χ0n) is 34.0. The molecule has 0 spiro atoms. The van der Waals surface area contributed by atoms with Crippen molar-refractivity contribution in [2.45, 2.75) is 107 Å². The molecule has 0 fully saturated rings. The van der Waals surface area contributed by atoms with Gasteiger partial charge in [0.05, 0.1) is 17.1 Å². The molecule has 55 heavy (non-hydrogen) atoms. The summed E-state index contributed by atoms with van der Waals surface area (Å²) in [5, 5.41) is 11.8. The minimum Gasteiger partial charge on any atom is -0.512 e. The number of carbonyl (C=O) groups is 1. The molecule has 1 aromatic heterocycles. The minimum absolute atomic E-state index is 0. The van der Waals surface area contributed by atoms with Gasteiger partial charge in [-0.15, -0.1) is 29.1 Å². The molecule has 0 amide bonds. The summed E-state index contributed by atoms with van der Waals surface area (Å²) in [5.74, 6) is -0.641. The molecule has 0 aliphatic carbocycles. The van der Waals surface area contributed by atoms with Gasteiger partial charge in [-0.2, -0.15) is 0 Å². The van der Waals surface area contributed by atoms with Crippen LogP contribution in [0.3, 0.4) is 0 Å². The van der Waals surface area contributed by atoms with Gasteiger partial charge in [0.2, 0.25) is 0 Å². The molecule has 1 radical (unpaired) electrons. The maximum absolute atomic E-state index is 15.4. The number of benzene rings is 4. The average Bonchev–Trinajstić information content (AvgIpc) is 3.11. The molecule has 0 saturated carbocycles. The first-order valence-electron chi connectivity index (χ1n) is 19.2. The van der Waals surface area contributed by atoms with E-state index in [4.69, 9.17) is 0 Å². The summed E-state index contributed by atoms with van der Waals surface area (Å²) < 4.78 is 30.8. The Morgan fingerprint density at radius 3 is 1.89 bits per heavy atom. The van der Waals surface area contributed by atoms with E-state index in [1.807, 2.05) is 76.2 Å². The van der Waals surface area contributed by atoms with Crippen molar-refractivity contribution in [1.29, 1.82) is 0 Å². The number of rotatable bonds is 11. The topological polar surface area (TPSA) is 76.0 Å². The summed E-state index contributed by atoms with van der Waals surface area (Å²) in [6, 6.07) is 23.9. The summed E-state index contributed by atoms with van der Waals surface area (Å²) in [6.07, 6.45) is 7.12. The van der Waals surface area contributed by atoms with Crippen molar-refractivity contribution < 1.29 is 38.8 Å². The Labute approximate surface area is 340 Å². The third-order valence-electron chi connectivity index (χ3n) is 9.77. The first-order valence-corrected chi connectivity index (χ1v) is 19.2. The summed E-state index contributed by atoms with van der Waals surface area (Å²) in [4.78, 5) is 24.6. The van der Waals surface area contributed by atoms with Crippen LogP contribution in [-0.2, 0) is 36.7 Å². The van der Waals surface area contributed by atoms with Gasteiger partial charge in [0.1, 0.15) is 18.0 Å². The van der Waals surface area contributed by atoms with Crippen LogP contribution < -0.4 is 0 Å². The van der Waals surface area contributed by atoms with Crippen molar-refractivity contribution in [3.05, 3.63) is 114 Å². The standard InChI is InChI=1S/C34H32F2N3.C13H24O2.Ir/c1-33(2,3)19-21-11-13-22(14-12-21)24-17-28(35)30(29(36)18-24)32-38-20-37-31(39-32)25-15-23-9-7-8-10-26(23)27(16-25)34(4,5)6;1-5-10(6-2)12(14)9-13(15)11(7-3)8-4;/h7-14,16-18,20H,19H2,1-6H3;9-11,14H,5-8H2,1-4H3;/q-1;;/b;12-9-;. The molecular weight excluding hydrogens is 869 g/mol. The molecule has 0 unspecified atom stereocenters. The number of carbonyl (C=O) groups excluding carboxylic acids is 1. The molecule has 0 saturated heterocycles. The quantitative estimate of drug-likeness (QED) is 0.0811. The SMILES string of the molecule is CC(C)(C)Cc1ccc(-c2cc(F)c(-c3ncnc(-c4[c-]c5ccccc5c(C(C)(C)C)c4)n3)c(F)c2)cc1.CCC(CC)C(=O)/C=C(\O)C(CC)CC.[Ir]. The number of aromatic nitrogens is 3. The van der Waals surface area contributed by atoms with Crippen molar-refractivity contribution in [3.8, 4) is 33.9 Å². The van der Waals surface area contributed by atoms with Crippen molar-refractivity contribution >= 4 is 16.6 Å². The number of fused-ring (bicyclic) bond motifs is 1. The smallest absolute Gasteiger partial charge is 0.162 e. The third kappa shape index (κ3) is 11.9. The molecule has 8 heteroatoms. The van der Waals surface area contributed by atoms with E-state index in [1.165, 1.54) is 30.1 Å². The molecule has 295 valence electrons. The molecule has 4 aromatic carbocycles. The van der Waals surface area contributed by atoms with Crippen molar-refractivity contribution in [2.24, 2.45) is 17.3 Å². The second-order valence-electron chi connectivity index (χ2n) is 16.3. The minimum atomic E-state index is -0.723. The predicted octanol–water partition coefficient (Wildman–Crippen LogP) is 12.9. The number of aliphatic hydroxyl groups is 1. The van der Waals surface area contributed by atoms with Gasteiger partial charge in [-0.1, -0.05) is 123 Å². The maximum Gasteiger partial charge on any atom is 0.162 e. The maximum atomic E-state index is 15.4. The zero-order chi connectivity index (χ0) is 39.8. The van der Waals surface area contributed by atoms with Gasteiger partial charge in [0, 0.05) is 38.0 Å². The number of hydrogen-bond donors (Lipinski definition) is 1. The zero-order valence-corrected chi connectivity index (χ0v) is 36.4. The molecule has 0 aliphatic heterocycles. The number of nitrogens with zero attached hydrogens (tertiary/aromatic N) is 3. The summed E-state index contributed by atoms with van der Waals surface area (Å²) >= 11 is 0. The van der Waals surface area contributed by atoms with E-state index in [9.17, 15) is 9.90 Å². The van der Waals surface area contributed by atoms with Crippen LogP contribution in [0, 0.1) is 35.0 Å². The van der Waals surface area contributed by atoms with Crippen LogP contribution in [0.25, 0.3) is 44.7 Å². The third-order valence-corrected chi connectivity index (χ3v) is 9.77. The second kappa shape index (κ2) is 19.6. The number of hydrogen-bond acceptors (Lipinski definition) is 5. The van der Waals surface area contributed by atoms with Crippen LogP contribution in [0.5, 0.6) is 0 Å². The number of halogens is 2. The fraction of sp³-hybridized carbons (Fsp3) is 0.404. The normalized spacial score (nSPS) is 12.1. The van der Waals surface area contributed by atoms with Crippen LogP contribution in [0.2, 0.25) is 0 Å². The average molecular weight is 925 g/mol. The van der Waals surface area contributed by atoms with E-state index in [0.29, 0.717) is 17.0 Å². The molecule has 0 aliphatic rings. The Morgan fingerprint density at radius 2 is 1.35 bits per heavy atom. The van der Waals surface area contributed by atoms with Crippen LogP contribution in [0.1, 0.15) is 106 Å². The van der Waals surface area contributed by atoms with Crippen molar-refractivity contribution in [2.75, 3.05) is 0 Å². The molecule has 0 bridgehead atoms. The number of allylic oxidation sites excluding steroid dienone is 2. The molecule has 5 aromatic rings. The Hall–Kier alpha value is -4.13. The van der Waals surface area contributed by atoms with Crippen molar-refractivity contribution in [1.82, 2.24) is 15.0 Å². The predicted molar refractivity (Wildman–Crippen MR) is 218 cm³/mol. The van der Waals surface area contributed by atoms with Crippen LogP contribution in [0.15, 0.2) is 84.9 Å². The monoisotopic (exact) mass is 925 g/mol. The molecular formula is C47H56F2IrN3O2-. The Balaban J connectivity index is 0.000000433. The molecule has 0 atom stereocenters. The van der Waals surface area contributed by atoms with E-state index in [2.05, 4.69) is 68.6 Å². The van der Waals surface area contributed by atoms with Gasteiger partial charge >= 0.3 is 0 Å². The molecule has 1 N–H and O–H groups in total. The summed E-state index contributed by atoms with van der Waals surface area (Å²) in [7, 11) is 0. The molecule has 5 nitrogen and oxygen atoms in total. The van der Waals surface area contributed by atoms with Gasteiger partial charge < -0.3 is 5.11 Å². The summed E-state index contributed by atoms with van der Waals surface area (Å²) in [6.45, 7) is 21.0. The number of aliphatic hydroxyl groups excluding tert-OH is 1. The van der Waals surface area contributed by atoms with Gasteiger partial charge in [-0.25, -0.2) is 18.7 Å². The molecule has 1 heterocycles. The van der Waals surface area contributed by atoms with E-state index < -0.39 is 11.6 Å². The van der Waals surface area contributed by atoms with E-state index in [-0.39, 0.29) is 65.7 Å². The first-order chi connectivity index (χ1) is 25.5.